The molecule has 0 bridgehead atoms. The second-order valence-corrected chi connectivity index (χ2v) is 5.19. The number of nitrogens with zero attached hydrogens (tertiary/aromatic N) is 2. The first-order valence-corrected chi connectivity index (χ1v) is 6.95. The minimum absolute atomic E-state index is 0.321. The van der Waals surface area contributed by atoms with Crippen LogP contribution in [0.15, 0.2) is 39.0 Å². The Morgan fingerprint density at radius 2 is 1.94 bits per heavy atom. The lowest BCUT2D eigenvalue weighted by Gasteiger charge is -2.04. The van der Waals surface area contributed by atoms with Gasteiger partial charge in [0.15, 0.2) is 5.16 Å². The van der Waals surface area contributed by atoms with Gasteiger partial charge in [0.05, 0.1) is 5.69 Å². The van der Waals surface area contributed by atoms with Gasteiger partial charge in [-0.05, 0) is 53.1 Å². The Hall–Kier alpha value is -1.09. The molecule has 0 saturated carbocycles. The van der Waals surface area contributed by atoms with Crippen LogP contribution in [0, 0.1) is 3.57 Å². The Labute approximate surface area is 114 Å². The van der Waals surface area contributed by atoms with Crippen molar-refractivity contribution in [3.8, 4) is 5.69 Å². The average molecular weight is 361 g/mol. The topological polar surface area (TPSA) is 67.8 Å². The van der Waals surface area contributed by atoms with Crippen molar-refractivity contribution in [3.05, 3.63) is 48.8 Å². The molecule has 7 heteroatoms. The van der Waals surface area contributed by atoms with Crippen molar-refractivity contribution in [2.24, 2.45) is 0 Å². The Kier molecular flexibility index (Phi) is 3.67. The van der Waals surface area contributed by atoms with E-state index in [1.165, 1.54) is 11.8 Å². The molecule has 17 heavy (non-hydrogen) atoms. The molecule has 0 aliphatic rings. The van der Waals surface area contributed by atoms with Crippen molar-refractivity contribution >= 4 is 34.4 Å². The van der Waals surface area contributed by atoms with E-state index in [9.17, 15) is 9.59 Å². The number of hydrogen-bond donors (Lipinski definition) is 1. The van der Waals surface area contributed by atoms with E-state index >= 15 is 0 Å². The number of H-pyrrole nitrogens is 1. The molecule has 0 aliphatic carbocycles. The highest BCUT2D eigenvalue weighted by atomic mass is 127. The molecule has 0 unspecified atom stereocenters. The predicted octanol–water partition coefficient (Wildman–Crippen LogP) is 1.25. The molecule has 1 N–H and O–H groups in total. The van der Waals surface area contributed by atoms with Crippen LogP contribution in [0.5, 0.6) is 0 Å². The van der Waals surface area contributed by atoms with Crippen molar-refractivity contribution in [2.45, 2.75) is 5.16 Å². The lowest BCUT2D eigenvalue weighted by Crippen LogP contribution is -2.36. The van der Waals surface area contributed by atoms with Gasteiger partial charge in [0.25, 0.3) is 0 Å². The molecular weight excluding hydrogens is 353 g/mol. The third kappa shape index (κ3) is 2.60. The second-order valence-electron chi connectivity index (χ2n) is 3.15. The van der Waals surface area contributed by atoms with E-state index < -0.39 is 11.4 Å². The maximum Gasteiger partial charge on any atom is 0.358 e. The number of benzene rings is 1. The van der Waals surface area contributed by atoms with Gasteiger partial charge in [0.2, 0.25) is 0 Å². The molecule has 1 aromatic carbocycles. The van der Waals surface area contributed by atoms with Gasteiger partial charge >= 0.3 is 11.4 Å². The molecule has 2 rings (SSSR count). The molecule has 1 heterocycles. The van der Waals surface area contributed by atoms with Gasteiger partial charge in [-0.3, -0.25) is 4.98 Å². The van der Waals surface area contributed by atoms with Crippen LogP contribution in [0.1, 0.15) is 0 Å². The highest BCUT2D eigenvalue weighted by Crippen LogP contribution is 2.08. The fraction of sp³-hybridized carbons (Fsp3) is 0.100. The zero-order chi connectivity index (χ0) is 12.4. The summed E-state index contributed by atoms with van der Waals surface area (Å²) in [6.45, 7) is 0. The van der Waals surface area contributed by atoms with Gasteiger partial charge in [-0.25, -0.2) is 14.2 Å². The highest BCUT2D eigenvalue weighted by Gasteiger charge is 2.07. The average Bonchev–Trinajstić information content (AvgIpc) is 2.30. The number of aromatic amines is 1. The van der Waals surface area contributed by atoms with Crippen LogP contribution in [0.2, 0.25) is 0 Å². The summed E-state index contributed by atoms with van der Waals surface area (Å²) in [5.41, 5.74) is -0.535. The van der Waals surface area contributed by atoms with E-state index in [0.717, 1.165) is 8.14 Å². The van der Waals surface area contributed by atoms with Gasteiger partial charge in [0, 0.05) is 3.57 Å². The molecule has 0 amide bonds. The Morgan fingerprint density at radius 3 is 2.47 bits per heavy atom. The first-order valence-electron chi connectivity index (χ1n) is 4.65. The molecule has 0 aliphatic heterocycles. The van der Waals surface area contributed by atoms with Crippen molar-refractivity contribution in [2.75, 3.05) is 6.26 Å². The quantitative estimate of drug-likeness (QED) is 0.646. The zero-order valence-electron chi connectivity index (χ0n) is 8.81. The maximum absolute atomic E-state index is 11.8. The van der Waals surface area contributed by atoms with Gasteiger partial charge in [-0.2, -0.15) is 4.98 Å². The molecule has 0 atom stereocenters. The van der Waals surface area contributed by atoms with Gasteiger partial charge < -0.3 is 0 Å². The van der Waals surface area contributed by atoms with Crippen molar-refractivity contribution in [3.63, 3.8) is 0 Å². The van der Waals surface area contributed by atoms with E-state index in [0.29, 0.717) is 10.8 Å². The molecular formula is C10H8IN3O2S. The van der Waals surface area contributed by atoms with Crippen LogP contribution >= 0.6 is 34.4 Å². The maximum atomic E-state index is 11.8. The Morgan fingerprint density at radius 1 is 1.29 bits per heavy atom. The summed E-state index contributed by atoms with van der Waals surface area (Å²) in [4.78, 5) is 29.8. The van der Waals surface area contributed by atoms with Crippen LogP contribution in [0.25, 0.3) is 5.69 Å². The second kappa shape index (κ2) is 5.05. The smallest absolute Gasteiger partial charge is 0.286 e. The van der Waals surface area contributed by atoms with Crippen LogP contribution in [-0.2, 0) is 0 Å². The van der Waals surface area contributed by atoms with Crippen LogP contribution in [0.3, 0.4) is 0 Å². The summed E-state index contributed by atoms with van der Waals surface area (Å²) in [7, 11) is 0. The fourth-order valence-corrected chi connectivity index (χ4v) is 2.03. The number of thioether (sulfide) groups is 1. The zero-order valence-corrected chi connectivity index (χ0v) is 11.8. The minimum Gasteiger partial charge on any atom is -0.286 e. The number of halogens is 1. The Balaban J connectivity index is 2.64. The first kappa shape index (κ1) is 12.4. The normalized spacial score (nSPS) is 10.5. The summed E-state index contributed by atoms with van der Waals surface area (Å²) < 4.78 is 2.04. The molecule has 88 valence electrons. The van der Waals surface area contributed by atoms with E-state index in [-0.39, 0.29) is 0 Å². The predicted molar refractivity (Wildman–Crippen MR) is 75.0 cm³/mol. The SMILES string of the molecule is CSc1nc(=O)n(-c2ccc(I)cc2)c(=O)[nH]1. The largest absolute Gasteiger partial charge is 0.358 e. The highest BCUT2D eigenvalue weighted by molar-refractivity contribution is 14.1. The minimum atomic E-state index is -0.570. The molecule has 0 saturated heterocycles. The first-order chi connectivity index (χ1) is 8.11. The molecule has 2 aromatic rings. The number of hydrogen-bond acceptors (Lipinski definition) is 4. The van der Waals surface area contributed by atoms with E-state index in [1.54, 1.807) is 18.4 Å². The van der Waals surface area contributed by atoms with Crippen LogP contribution < -0.4 is 11.4 Å². The molecule has 5 nitrogen and oxygen atoms in total. The van der Waals surface area contributed by atoms with E-state index in [4.69, 9.17) is 0 Å². The summed E-state index contributed by atoms with van der Waals surface area (Å²) in [6.07, 6.45) is 1.74. The summed E-state index contributed by atoms with van der Waals surface area (Å²) >= 11 is 3.37. The standard InChI is InChI=1S/C10H8IN3O2S/c1-17-8-12-9(15)14(10(16)13-8)7-4-2-6(11)3-5-7/h2-5H,1H3,(H,12,13,15,16). The van der Waals surface area contributed by atoms with Gasteiger partial charge in [0.1, 0.15) is 0 Å². The monoisotopic (exact) mass is 361 g/mol. The summed E-state index contributed by atoms with van der Waals surface area (Å²) in [5, 5.41) is 0.321. The van der Waals surface area contributed by atoms with Crippen molar-refractivity contribution < 1.29 is 0 Å². The van der Waals surface area contributed by atoms with Crippen LogP contribution in [0.4, 0.5) is 0 Å². The third-order valence-corrected chi connectivity index (χ3v) is 3.38. The lowest BCUT2D eigenvalue weighted by atomic mass is 10.3. The summed E-state index contributed by atoms with van der Waals surface area (Å²) in [5.74, 6) is 0. The lowest BCUT2D eigenvalue weighted by molar-refractivity contribution is 0.743. The number of aromatic nitrogens is 3. The van der Waals surface area contributed by atoms with Crippen LogP contribution in [-0.4, -0.2) is 20.8 Å². The van der Waals surface area contributed by atoms with E-state index in [2.05, 4.69) is 32.6 Å². The van der Waals surface area contributed by atoms with Gasteiger partial charge in [-0.15, -0.1) is 0 Å². The summed E-state index contributed by atoms with van der Waals surface area (Å²) in [6, 6.07) is 7.06. The fourth-order valence-electron chi connectivity index (χ4n) is 1.31. The third-order valence-electron chi connectivity index (χ3n) is 2.08. The molecule has 0 spiro atoms. The number of rotatable bonds is 2. The van der Waals surface area contributed by atoms with Crippen molar-refractivity contribution in [1.82, 2.24) is 14.5 Å². The molecule has 0 radical (unpaired) electrons. The number of nitrogens with one attached hydrogen (secondary N) is 1. The Bertz CT molecular complexity index is 617. The van der Waals surface area contributed by atoms with Gasteiger partial charge in [-0.1, -0.05) is 11.8 Å². The van der Waals surface area contributed by atoms with Crippen molar-refractivity contribution in [1.29, 1.82) is 0 Å². The molecule has 1 aromatic heterocycles. The molecule has 0 fully saturated rings. The van der Waals surface area contributed by atoms with E-state index in [1.807, 2.05) is 12.1 Å².